The number of rotatable bonds is 2. The number of nitrogens with one attached hydrogen (secondary N) is 2. The standard InChI is InChI=1S/C9H5ClN6OS/c10-8-14-6-4(3-12-16-6)7(15-8)18-9-11-2-1-5(17)13-9/h1-3H,(H,11,13,17)(H,12,14,15,16). The van der Waals surface area contributed by atoms with E-state index in [0.717, 1.165) is 5.39 Å². The number of hydrogen-bond acceptors (Lipinski definition) is 6. The average Bonchev–Trinajstić information content (AvgIpc) is 2.77. The molecule has 0 fully saturated rings. The van der Waals surface area contributed by atoms with Crippen molar-refractivity contribution in [1.29, 1.82) is 0 Å². The largest absolute Gasteiger partial charge is 0.301 e. The van der Waals surface area contributed by atoms with Crippen LogP contribution in [0.1, 0.15) is 0 Å². The molecule has 0 aliphatic rings. The summed E-state index contributed by atoms with van der Waals surface area (Å²) in [6.07, 6.45) is 3.02. The van der Waals surface area contributed by atoms with Crippen LogP contribution >= 0.6 is 23.4 Å². The number of halogens is 1. The second kappa shape index (κ2) is 4.39. The summed E-state index contributed by atoms with van der Waals surface area (Å²) in [6, 6.07) is 1.34. The van der Waals surface area contributed by atoms with E-state index in [9.17, 15) is 4.79 Å². The highest BCUT2D eigenvalue weighted by Gasteiger charge is 2.11. The molecule has 90 valence electrons. The second-order valence-electron chi connectivity index (χ2n) is 3.27. The number of H-pyrrole nitrogens is 2. The van der Waals surface area contributed by atoms with Gasteiger partial charge in [0.1, 0.15) is 5.03 Å². The summed E-state index contributed by atoms with van der Waals surface area (Å²) < 4.78 is 0. The number of fused-ring (bicyclic) bond motifs is 1. The molecule has 3 heterocycles. The van der Waals surface area contributed by atoms with Crippen molar-refractivity contribution in [2.24, 2.45) is 0 Å². The van der Waals surface area contributed by atoms with E-state index in [1.807, 2.05) is 0 Å². The third-order valence-electron chi connectivity index (χ3n) is 2.09. The van der Waals surface area contributed by atoms with Gasteiger partial charge >= 0.3 is 0 Å². The van der Waals surface area contributed by atoms with Crippen LogP contribution in [0.5, 0.6) is 0 Å². The Balaban J connectivity index is 2.09. The minimum atomic E-state index is -0.226. The average molecular weight is 281 g/mol. The van der Waals surface area contributed by atoms with Crippen LogP contribution in [0, 0.1) is 0 Å². The van der Waals surface area contributed by atoms with E-state index in [0.29, 0.717) is 15.8 Å². The van der Waals surface area contributed by atoms with Crippen LogP contribution in [-0.4, -0.2) is 30.1 Å². The first-order chi connectivity index (χ1) is 8.72. The Hall–Kier alpha value is -1.93. The minimum Gasteiger partial charge on any atom is -0.301 e. The van der Waals surface area contributed by atoms with Crippen molar-refractivity contribution in [3.63, 3.8) is 0 Å². The maximum absolute atomic E-state index is 11.2. The van der Waals surface area contributed by atoms with Crippen LogP contribution in [0.3, 0.4) is 0 Å². The molecule has 3 rings (SSSR count). The van der Waals surface area contributed by atoms with Gasteiger partial charge in [-0.25, -0.2) is 9.97 Å². The molecule has 3 aromatic rings. The highest BCUT2D eigenvalue weighted by molar-refractivity contribution is 7.99. The summed E-state index contributed by atoms with van der Waals surface area (Å²) >= 11 is 6.99. The zero-order valence-corrected chi connectivity index (χ0v) is 10.3. The molecule has 0 saturated carbocycles. The van der Waals surface area contributed by atoms with Crippen LogP contribution < -0.4 is 5.56 Å². The Labute approximate surface area is 109 Å². The molecule has 2 N–H and O–H groups in total. The second-order valence-corrected chi connectivity index (χ2v) is 4.59. The van der Waals surface area contributed by atoms with E-state index < -0.39 is 0 Å². The van der Waals surface area contributed by atoms with Gasteiger partial charge in [0.15, 0.2) is 10.8 Å². The number of nitrogens with zero attached hydrogens (tertiary/aromatic N) is 4. The van der Waals surface area contributed by atoms with Gasteiger partial charge < -0.3 is 4.98 Å². The lowest BCUT2D eigenvalue weighted by atomic mass is 10.4. The molecule has 0 unspecified atom stereocenters. The molecular weight excluding hydrogens is 276 g/mol. The first-order valence-corrected chi connectivity index (χ1v) is 6.01. The quantitative estimate of drug-likeness (QED) is 0.541. The van der Waals surface area contributed by atoms with Crippen molar-refractivity contribution in [3.8, 4) is 0 Å². The summed E-state index contributed by atoms with van der Waals surface area (Å²) in [6.45, 7) is 0. The zero-order chi connectivity index (χ0) is 12.5. The van der Waals surface area contributed by atoms with Crippen molar-refractivity contribution >= 4 is 34.4 Å². The SMILES string of the molecule is O=c1ccnc(Sc2nc(Cl)nc3[nH]ncc23)[nH]1. The molecule has 0 aromatic carbocycles. The Morgan fingerprint density at radius 3 is 3.06 bits per heavy atom. The van der Waals surface area contributed by atoms with E-state index in [1.54, 1.807) is 6.20 Å². The van der Waals surface area contributed by atoms with Gasteiger partial charge in [0.05, 0.1) is 11.6 Å². The van der Waals surface area contributed by atoms with Crippen molar-refractivity contribution < 1.29 is 0 Å². The Bertz CT molecular complexity index is 769. The van der Waals surface area contributed by atoms with Gasteiger partial charge in [-0.05, 0) is 23.4 Å². The predicted octanol–water partition coefficient (Wildman–Crippen LogP) is 1.24. The van der Waals surface area contributed by atoms with Crippen LogP contribution in [0.15, 0.2) is 33.4 Å². The Morgan fingerprint density at radius 2 is 2.22 bits per heavy atom. The van der Waals surface area contributed by atoms with Gasteiger partial charge in [0.25, 0.3) is 5.56 Å². The van der Waals surface area contributed by atoms with E-state index >= 15 is 0 Å². The normalized spacial score (nSPS) is 10.9. The van der Waals surface area contributed by atoms with E-state index in [2.05, 4.69) is 30.1 Å². The lowest BCUT2D eigenvalue weighted by Crippen LogP contribution is -2.05. The van der Waals surface area contributed by atoms with Crippen molar-refractivity contribution in [2.45, 2.75) is 10.2 Å². The lowest BCUT2D eigenvalue weighted by Gasteiger charge is -2.00. The molecule has 0 aliphatic heterocycles. The highest BCUT2D eigenvalue weighted by Crippen LogP contribution is 2.28. The topological polar surface area (TPSA) is 100 Å². The summed E-state index contributed by atoms with van der Waals surface area (Å²) in [7, 11) is 0. The summed E-state index contributed by atoms with van der Waals surface area (Å²) in [4.78, 5) is 25.9. The third-order valence-corrected chi connectivity index (χ3v) is 3.16. The molecule has 0 bridgehead atoms. The fourth-order valence-corrected chi connectivity index (χ4v) is 2.41. The highest BCUT2D eigenvalue weighted by atomic mass is 35.5. The van der Waals surface area contributed by atoms with Crippen LogP contribution in [-0.2, 0) is 0 Å². The van der Waals surface area contributed by atoms with Crippen molar-refractivity contribution in [3.05, 3.63) is 34.1 Å². The first kappa shape index (κ1) is 11.2. The smallest absolute Gasteiger partial charge is 0.251 e. The van der Waals surface area contributed by atoms with Gasteiger partial charge in [-0.1, -0.05) is 0 Å². The molecule has 0 spiro atoms. The maximum Gasteiger partial charge on any atom is 0.251 e. The molecule has 9 heteroatoms. The summed E-state index contributed by atoms with van der Waals surface area (Å²) in [5.41, 5.74) is 0.312. The van der Waals surface area contributed by atoms with Gasteiger partial charge in [-0.15, -0.1) is 0 Å². The summed E-state index contributed by atoms with van der Waals surface area (Å²) in [5, 5.41) is 8.41. The molecule has 0 saturated heterocycles. The molecule has 18 heavy (non-hydrogen) atoms. The van der Waals surface area contributed by atoms with Gasteiger partial charge in [0.2, 0.25) is 5.28 Å². The number of aromatic nitrogens is 6. The molecular formula is C9H5ClN6OS. The molecule has 0 atom stereocenters. The molecule has 0 amide bonds. The summed E-state index contributed by atoms with van der Waals surface area (Å²) in [5.74, 6) is 0. The first-order valence-electron chi connectivity index (χ1n) is 4.82. The Kier molecular flexibility index (Phi) is 2.73. The molecule has 3 aromatic heterocycles. The predicted molar refractivity (Wildman–Crippen MR) is 65.7 cm³/mol. The maximum atomic E-state index is 11.2. The molecule has 0 radical (unpaired) electrons. The Morgan fingerprint density at radius 1 is 1.33 bits per heavy atom. The van der Waals surface area contributed by atoms with E-state index in [-0.39, 0.29) is 10.8 Å². The molecule has 0 aliphatic carbocycles. The minimum absolute atomic E-state index is 0.104. The van der Waals surface area contributed by atoms with Crippen LogP contribution in [0.2, 0.25) is 5.28 Å². The van der Waals surface area contributed by atoms with E-state index in [1.165, 1.54) is 24.0 Å². The van der Waals surface area contributed by atoms with E-state index in [4.69, 9.17) is 11.6 Å². The molecule has 7 nitrogen and oxygen atoms in total. The van der Waals surface area contributed by atoms with Crippen LogP contribution in [0.25, 0.3) is 11.0 Å². The van der Waals surface area contributed by atoms with Crippen molar-refractivity contribution in [2.75, 3.05) is 0 Å². The van der Waals surface area contributed by atoms with Crippen LogP contribution in [0.4, 0.5) is 0 Å². The fraction of sp³-hybridized carbons (Fsp3) is 0. The lowest BCUT2D eigenvalue weighted by molar-refractivity contribution is 0.932. The fourth-order valence-electron chi connectivity index (χ4n) is 1.36. The third kappa shape index (κ3) is 2.07. The number of aromatic amines is 2. The number of hydrogen-bond donors (Lipinski definition) is 2. The van der Waals surface area contributed by atoms with Gasteiger partial charge in [0, 0.05) is 12.3 Å². The van der Waals surface area contributed by atoms with Gasteiger partial charge in [-0.3, -0.25) is 9.89 Å². The zero-order valence-electron chi connectivity index (χ0n) is 8.72. The van der Waals surface area contributed by atoms with Gasteiger partial charge in [-0.2, -0.15) is 10.1 Å². The monoisotopic (exact) mass is 280 g/mol. The van der Waals surface area contributed by atoms with Crippen molar-refractivity contribution in [1.82, 2.24) is 30.1 Å².